The van der Waals surface area contributed by atoms with E-state index in [9.17, 15) is 18.0 Å². The van der Waals surface area contributed by atoms with Crippen LogP contribution < -0.4 is 0 Å². The number of esters is 1. The van der Waals surface area contributed by atoms with E-state index < -0.39 is 12.3 Å². The van der Waals surface area contributed by atoms with Gasteiger partial charge in [0.15, 0.2) is 6.10 Å². The Morgan fingerprint density at radius 1 is 0.857 bits per heavy atom. The summed E-state index contributed by atoms with van der Waals surface area (Å²) in [7, 11) is 0. The van der Waals surface area contributed by atoms with Crippen molar-refractivity contribution in [3.63, 3.8) is 0 Å². The summed E-state index contributed by atoms with van der Waals surface area (Å²) >= 11 is 0. The molecule has 0 radical (unpaired) electrons. The van der Waals surface area contributed by atoms with E-state index in [2.05, 4.69) is 0 Å². The molecular formula is C22H25F3O3. The molecule has 0 aliphatic rings. The molecular weight excluding hydrogens is 369 g/mol. The molecule has 0 bridgehead atoms. The largest absolute Gasteiger partial charge is 0.462 e. The molecule has 2 aromatic carbocycles. The predicted octanol–water partition coefficient (Wildman–Crippen LogP) is 6.04. The third-order valence-corrected chi connectivity index (χ3v) is 4.33. The first kappa shape index (κ1) is 22.0. The lowest BCUT2D eigenvalue weighted by Gasteiger charge is -2.16. The van der Waals surface area contributed by atoms with Gasteiger partial charge in [-0.1, -0.05) is 48.9 Å². The van der Waals surface area contributed by atoms with Crippen LogP contribution in [0.2, 0.25) is 0 Å². The zero-order chi connectivity index (χ0) is 20.4. The lowest BCUT2D eigenvalue weighted by atomic mass is 10.0. The van der Waals surface area contributed by atoms with E-state index in [1.807, 2.05) is 42.5 Å². The summed E-state index contributed by atoms with van der Waals surface area (Å²) in [5.74, 6) is -0.373. The van der Waals surface area contributed by atoms with E-state index >= 15 is 0 Å². The number of hydrogen-bond acceptors (Lipinski definition) is 3. The van der Waals surface area contributed by atoms with E-state index in [4.69, 9.17) is 9.47 Å². The quantitative estimate of drug-likeness (QED) is 0.364. The van der Waals surface area contributed by atoms with Crippen molar-refractivity contribution in [1.29, 1.82) is 0 Å². The topological polar surface area (TPSA) is 35.5 Å². The van der Waals surface area contributed by atoms with Gasteiger partial charge in [0.1, 0.15) is 0 Å². The fourth-order valence-electron chi connectivity index (χ4n) is 2.59. The molecule has 0 aliphatic carbocycles. The van der Waals surface area contributed by atoms with Gasteiger partial charge in [-0.15, -0.1) is 0 Å². The summed E-state index contributed by atoms with van der Waals surface area (Å²) in [6, 6.07) is 17.1. The van der Waals surface area contributed by atoms with Crippen LogP contribution in [-0.2, 0) is 9.47 Å². The van der Waals surface area contributed by atoms with Crippen molar-refractivity contribution in [2.24, 2.45) is 0 Å². The zero-order valence-electron chi connectivity index (χ0n) is 15.9. The van der Waals surface area contributed by atoms with Gasteiger partial charge >= 0.3 is 12.1 Å². The number of carbonyl (C=O) groups excluding carboxylic acids is 1. The summed E-state index contributed by atoms with van der Waals surface area (Å²) in [5, 5.41) is 0. The second-order valence-electron chi connectivity index (χ2n) is 6.55. The number of alkyl halides is 3. The van der Waals surface area contributed by atoms with Crippen LogP contribution in [0.25, 0.3) is 11.1 Å². The minimum absolute atomic E-state index is 0.0776. The number of rotatable bonds is 10. The first-order valence-corrected chi connectivity index (χ1v) is 9.39. The summed E-state index contributed by atoms with van der Waals surface area (Å²) in [4.78, 5) is 12.0. The molecule has 28 heavy (non-hydrogen) atoms. The molecule has 0 saturated carbocycles. The smallest absolute Gasteiger partial charge is 0.414 e. The van der Waals surface area contributed by atoms with Crippen molar-refractivity contribution in [2.45, 2.75) is 44.9 Å². The molecule has 0 aromatic heterocycles. The van der Waals surface area contributed by atoms with Gasteiger partial charge in [-0.25, -0.2) is 4.79 Å². The van der Waals surface area contributed by atoms with Gasteiger partial charge in [-0.3, -0.25) is 0 Å². The van der Waals surface area contributed by atoms with Gasteiger partial charge in [0.05, 0.1) is 12.2 Å². The molecule has 3 nitrogen and oxygen atoms in total. The Kier molecular flexibility index (Phi) is 8.51. The van der Waals surface area contributed by atoms with Gasteiger partial charge in [-0.05, 0) is 49.4 Å². The van der Waals surface area contributed by atoms with Crippen LogP contribution in [0.5, 0.6) is 0 Å². The minimum atomic E-state index is -4.31. The summed E-state index contributed by atoms with van der Waals surface area (Å²) in [6.07, 6.45) is -3.33. The molecule has 6 heteroatoms. The third-order valence-electron chi connectivity index (χ3n) is 4.33. The average molecular weight is 394 g/mol. The lowest BCUT2D eigenvalue weighted by Crippen LogP contribution is -2.28. The average Bonchev–Trinajstić information content (AvgIpc) is 2.69. The molecule has 0 heterocycles. The zero-order valence-corrected chi connectivity index (χ0v) is 15.9. The molecule has 1 unspecified atom stereocenters. The molecule has 2 rings (SSSR count). The van der Waals surface area contributed by atoms with Crippen molar-refractivity contribution in [3.8, 4) is 11.1 Å². The van der Waals surface area contributed by atoms with Gasteiger partial charge in [-0.2, -0.15) is 13.2 Å². The Balaban J connectivity index is 1.60. The molecule has 0 spiro atoms. The summed E-state index contributed by atoms with van der Waals surface area (Å²) in [6.45, 7) is 1.37. The van der Waals surface area contributed by atoms with Crippen molar-refractivity contribution >= 4 is 5.97 Å². The number of ether oxygens (including phenoxy) is 2. The highest BCUT2D eigenvalue weighted by Crippen LogP contribution is 2.22. The summed E-state index contributed by atoms with van der Waals surface area (Å²) in [5.41, 5.74) is 2.60. The molecule has 152 valence electrons. The van der Waals surface area contributed by atoms with Crippen molar-refractivity contribution < 1.29 is 27.4 Å². The normalized spacial score (nSPS) is 12.6. The van der Waals surface area contributed by atoms with Crippen LogP contribution in [-0.4, -0.2) is 31.5 Å². The Labute approximate surface area is 163 Å². The van der Waals surface area contributed by atoms with Crippen LogP contribution >= 0.6 is 0 Å². The highest BCUT2D eigenvalue weighted by molar-refractivity contribution is 5.90. The van der Waals surface area contributed by atoms with Crippen LogP contribution in [0.1, 0.15) is 43.0 Å². The Morgan fingerprint density at radius 3 is 2.04 bits per heavy atom. The fraction of sp³-hybridized carbons (Fsp3) is 0.409. The van der Waals surface area contributed by atoms with Crippen LogP contribution in [0.3, 0.4) is 0 Å². The second kappa shape index (κ2) is 10.9. The van der Waals surface area contributed by atoms with E-state index in [-0.39, 0.29) is 12.6 Å². The Bertz CT molecular complexity index is 712. The fourth-order valence-corrected chi connectivity index (χ4v) is 2.59. The van der Waals surface area contributed by atoms with Gasteiger partial charge in [0.25, 0.3) is 0 Å². The highest BCUT2D eigenvalue weighted by atomic mass is 19.4. The van der Waals surface area contributed by atoms with Gasteiger partial charge in [0, 0.05) is 6.61 Å². The minimum Gasteiger partial charge on any atom is -0.462 e. The number of unbranched alkanes of at least 4 members (excludes halogenated alkanes) is 3. The van der Waals surface area contributed by atoms with Crippen molar-refractivity contribution in [1.82, 2.24) is 0 Å². The van der Waals surface area contributed by atoms with Crippen LogP contribution in [0, 0.1) is 0 Å². The molecule has 0 saturated heterocycles. The Hall–Kier alpha value is -2.34. The molecule has 1 atom stereocenters. The van der Waals surface area contributed by atoms with Gasteiger partial charge in [0.2, 0.25) is 0 Å². The van der Waals surface area contributed by atoms with Crippen LogP contribution in [0.4, 0.5) is 13.2 Å². The number of hydrogen-bond donors (Lipinski definition) is 0. The first-order chi connectivity index (χ1) is 13.4. The third kappa shape index (κ3) is 7.35. The van der Waals surface area contributed by atoms with Gasteiger partial charge < -0.3 is 9.47 Å². The number of benzene rings is 2. The highest BCUT2D eigenvalue weighted by Gasteiger charge is 2.36. The summed E-state index contributed by atoms with van der Waals surface area (Å²) < 4.78 is 46.8. The maximum Gasteiger partial charge on any atom is 0.414 e. The lowest BCUT2D eigenvalue weighted by molar-refractivity contribution is -0.214. The van der Waals surface area contributed by atoms with Crippen molar-refractivity contribution in [3.05, 3.63) is 60.2 Å². The van der Waals surface area contributed by atoms with E-state index in [0.29, 0.717) is 25.0 Å². The predicted molar refractivity (Wildman–Crippen MR) is 102 cm³/mol. The van der Waals surface area contributed by atoms with E-state index in [0.717, 1.165) is 30.9 Å². The van der Waals surface area contributed by atoms with Crippen molar-refractivity contribution in [2.75, 3.05) is 13.2 Å². The van der Waals surface area contributed by atoms with E-state index in [1.54, 1.807) is 12.1 Å². The maximum absolute atomic E-state index is 12.3. The molecule has 2 aromatic rings. The molecule has 0 N–H and O–H groups in total. The first-order valence-electron chi connectivity index (χ1n) is 9.39. The Morgan fingerprint density at radius 2 is 1.43 bits per heavy atom. The number of carbonyl (C=O) groups is 1. The van der Waals surface area contributed by atoms with Crippen LogP contribution in [0.15, 0.2) is 54.6 Å². The molecule has 0 aliphatic heterocycles. The molecule has 0 fully saturated rings. The monoisotopic (exact) mass is 394 g/mol. The second-order valence-corrected chi connectivity index (χ2v) is 6.55. The number of halogens is 3. The standard InChI is InChI=1S/C22H25F3O3/c1-17(22(23,24)25)27-15-7-2-3-8-16-28-21(26)20-13-11-19(12-14-20)18-9-5-4-6-10-18/h4-6,9-14,17H,2-3,7-8,15-16H2,1H3. The molecule has 0 amide bonds. The van der Waals surface area contributed by atoms with E-state index in [1.165, 1.54) is 0 Å². The maximum atomic E-state index is 12.3. The SMILES string of the molecule is CC(OCCCCCCOC(=O)c1ccc(-c2ccccc2)cc1)C(F)(F)F.